The molecule has 0 bridgehead atoms. The standard InChI is InChI=1S/C29H35N3O3/c1-31-19-8-2-3-9-20-32(29(34)22-12-10-13-24-21(22)17-18-30-24)25-14-5-7-16-27(25)35-26-15-6-4-11-23(26)28(31)33/h4,6,10-13,15,17-18,25,27,30H,2-3,5,7-9,14,16,19-20H2,1H3/t25-,27+/m1/s1. The van der Waals surface area contributed by atoms with Gasteiger partial charge in [0.1, 0.15) is 11.9 Å². The summed E-state index contributed by atoms with van der Waals surface area (Å²) in [7, 11) is 1.87. The first-order valence-electron chi connectivity index (χ1n) is 13.0. The second-order valence-electron chi connectivity index (χ2n) is 9.89. The predicted molar refractivity (Wildman–Crippen MR) is 138 cm³/mol. The molecule has 1 N–H and O–H groups in total. The molecule has 184 valence electrons. The van der Waals surface area contributed by atoms with E-state index in [9.17, 15) is 9.59 Å². The molecule has 2 amide bonds. The number of nitrogens with zero attached hydrogens (tertiary/aromatic N) is 2. The first-order chi connectivity index (χ1) is 17.1. The molecular weight excluding hydrogens is 438 g/mol. The highest BCUT2D eigenvalue weighted by Crippen LogP contribution is 2.32. The molecule has 35 heavy (non-hydrogen) atoms. The molecule has 0 saturated heterocycles. The minimum Gasteiger partial charge on any atom is -0.487 e. The zero-order valence-corrected chi connectivity index (χ0v) is 20.5. The number of aromatic nitrogens is 1. The summed E-state index contributed by atoms with van der Waals surface area (Å²) in [6.45, 7) is 1.44. The molecule has 1 fully saturated rings. The largest absolute Gasteiger partial charge is 0.487 e. The quantitative estimate of drug-likeness (QED) is 0.497. The molecule has 1 aliphatic heterocycles. The third-order valence-electron chi connectivity index (χ3n) is 7.54. The number of ether oxygens (including phenoxy) is 1. The molecule has 3 aromatic rings. The lowest BCUT2D eigenvalue weighted by Crippen LogP contribution is -2.51. The number of carbonyl (C=O) groups is 2. The number of hydrogen-bond donors (Lipinski definition) is 1. The van der Waals surface area contributed by atoms with Gasteiger partial charge < -0.3 is 19.5 Å². The van der Waals surface area contributed by atoms with E-state index >= 15 is 0 Å². The first-order valence-corrected chi connectivity index (χ1v) is 13.0. The van der Waals surface area contributed by atoms with Crippen LogP contribution in [0, 0.1) is 0 Å². The van der Waals surface area contributed by atoms with Gasteiger partial charge in [-0.05, 0) is 62.4 Å². The Morgan fingerprint density at radius 3 is 2.60 bits per heavy atom. The van der Waals surface area contributed by atoms with Gasteiger partial charge in [0.05, 0.1) is 11.6 Å². The van der Waals surface area contributed by atoms with Crippen LogP contribution in [0.1, 0.15) is 72.1 Å². The Balaban J connectivity index is 1.51. The van der Waals surface area contributed by atoms with Crippen molar-refractivity contribution in [2.45, 2.75) is 63.5 Å². The van der Waals surface area contributed by atoms with Crippen molar-refractivity contribution in [2.24, 2.45) is 0 Å². The molecule has 5 rings (SSSR count). The molecule has 0 unspecified atom stereocenters. The molecule has 1 aromatic heterocycles. The summed E-state index contributed by atoms with van der Waals surface area (Å²) in [5.41, 5.74) is 2.32. The number of hydrogen-bond acceptors (Lipinski definition) is 3. The Labute approximate surface area is 207 Å². The lowest BCUT2D eigenvalue weighted by Gasteiger charge is -2.40. The van der Waals surface area contributed by atoms with E-state index in [1.165, 1.54) is 0 Å². The topological polar surface area (TPSA) is 65.6 Å². The van der Waals surface area contributed by atoms with Crippen LogP contribution in [-0.4, -0.2) is 58.9 Å². The zero-order chi connectivity index (χ0) is 24.2. The van der Waals surface area contributed by atoms with Crippen LogP contribution in [0.3, 0.4) is 0 Å². The number of rotatable bonds is 1. The monoisotopic (exact) mass is 473 g/mol. The Hall–Kier alpha value is -3.28. The predicted octanol–water partition coefficient (Wildman–Crippen LogP) is 5.65. The van der Waals surface area contributed by atoms with Crippen molar-refractivity contribution in [1.82, 2.24) is 14.8 Å². The van der Waals surface area contributed by atoms with Gasteiger partial charge in [-0.3, -0.25) is 9.59 Å². The van der Waals surface area contributed by atoms with Gasteiger partial charge in [-0.15, -0.1) is 0 Å². The fourth-order valence-electron chi connectivity index (χ4n) is 5.62. The second kappa shape index (κ2) is 10.5. The minimum atomic E-state index is -0.139. The maximum absolute atomic E-state index is 14.0. The molecule has 0 radical (unpaired) electrons. The van der Waals surface area contributed by atoms with Crippen molar-refractivity contribution in [2.75, 3.05) is 20.1 Å². The van der Waals surface area contributed by atoms with Gasteiger partial charge in [-0.1, -0.05) is 37.5 Å². The van der Waals surface area contributed by atoms with Gasteiger partial charge >= 0.3 is 0 Å². The Kier molecular flexibility index (Phi) is 7.07. The zero-order valence-electron chi connectivity index (χ0n) is 20.5. The number of para-hydroxylation sites is 1. The number of benzene rings is 2. The number of H-pyrrole nitrogens is 1. The van der Waals surface area contributed by atoms with Gasteiger partial charge in [-0.25, -0.2) is 0 Å². The van der Waals surface area contributed by atoms with Crippen molar-refractivity contribution >= 4 is 22.7 Å². The normalized spacial score (nSPS) is 22.1. The average Bonchev–Trinajstić information content (AvgIpc) is 3.37. The highest BCUT2D eigenvalue weighted by atomic mass is 16.5. The maximum Gasteiger partial charge on any atom is 0.257 e. The molecule has 2 heterocycles. The summed E-state index contributed by atoms with van der Waals surface area (Å²) in [4.78, 5) is 34.4. The van der Waals surface area contributed by atoms with Crippen LogP contribution in [0.2, 0.25) is 0 Å². The van der Waals surface area contributed by atoms with E-state index in [4.69, 9.17) is 4.74 Å². The van der Waals surface area contributed by atoms with E-state index in [1.807, 2.05) is 61.8 Å². The van der Waals surface area contributed by atoms with Gasteiger partial charge in [-0.2, -0.15) is 0 Å². The summed E-state index contributed by atoms with van der Waals surface area (Å²) >= 11 is 0. The maximum atomic E-state index is 14.0. The number of fused-ring (bicyclic) bond motifs is 3. The van der Waals surface area contributed by atoms with E-state index in [2.05, 4.69) is 9.88 Å². The molecule has 2 aromatic carbocycles. The summed E-state index contributed by atoms with van der Waals surface area (Å²) in [5.74, 6) is 0.697. The molecule has 6 heteroatoms. The molecule has 2 atom stereocenters. The lowest BCUT2D eigenvalue weighted by atomic mass is 9.90. The van der Waals surface area contributed by atoms with E-state index in [0.29, 0.717) is 11.3 Å². The van der Waals surface area contributed by atoms with Gasteiger partial charge in [0.15, 0.2) is 0 Å². The van der Waals surface area contributed by atoms with E-state index in [-0.39, 0.29) is 24.0 Å². The Morgan fingerprint density at radius 1 is 0.914 bits per heavy atom. The fourth-order valence-corrected chi connectivity index (χ4v) is 5.62. The lowest BCUT2D eigenvalue weighted by molar-refractivity contribution is 0.0269. The van der Waals surface area contributed by atoms with Gasteiger partial charge in [0, 0.05) is 42.8 Å². The number of amides is 2. The smallest absolute Gasteiger partial charge is 0.257 e. The highest BCUT2D eigenvalue weighted by molar-refractivity contribution is 6.06. The average molecular weight is 474 g/mol. The van der Waals surface area contributed by atoms with Crippen LogP contribution >= 0.6 is 0 Å². The Bertz CT molecular complexity index is 1190. The Morgan fingerprint density at radius 2 is 1.71 bits per heavy atom. The van der Waals surface area contributed by atoms with Crippen molar-refractivity contribution < 1.29 is 14.3 Å². The molecule has 6 nitrogen and oxygen atoms in total. The number of nitrogens with one attached hydrogen (secondary N) is 1. The first kappa shape index (κ1) is 23.5. The van der Waals surface area contributed by atoms with Crippen molar-refractivity contribution in [3.8, 4) is 5.75 Å². The molecular formula is C29H35N3O3. The van der Waals surface area contributed by atoms with Crippen LogP contribution in [0.25, 0.3) is 10.9 Å². The third-order valence-corrected chi connectivity index (χ3v) is 7.54. The van der Waals surface area contributed by atoms with E-state index in [1.54, 1.807) is 4.90 Å². The summed E-state index contributed by atoms with van der Waals surface area (Å²) in [6, 6.07) is 15.4. The van der Waals surface area contributed by atoms with Crippen LogP contribution in [-0.2, 0) is 0 Å². The van der Waals surface area contributed by atoms with Gasteiger partial charge in [0.2, 0.25) is 0 Å². The van der Waals surface area contributed by atoms with Crippen molar-refractivity contribution in [3.05, 3.63) is 65.9 Å². The molecule has 1 saturated carbocycles. The summed E-state index contributed by atoms with van der Waals surface area (Å²) in [5, 5.41) is 0.962. The SMILES string of the molecule is CN1CCCCCCN(C(=O)c2cccc3[nH]ccc23)[C@@H]2CCCC[C@@H]2Oc2ccccc2C1=O. The minimum absolute atomic E-state index is 0.00270. The van der Waals surface area contributed by atoms with Crippen LogP contribution in [0.4, 0.5) is 0 Å². The van der Waals surface area contributed by atoms with E-state index < -0.39 is 0 Å². The van der Waals surface area contributed by atoms with Gasteiger partial charge in [0.25, 0.3) is 11.8 Å². The summed E-state index contributed by atoms with van der Waals surface area (Å²) in [6.07, 6.45) is 9.66. The van der Waals surface area contributed by atoms with E-state index in [0.717, 1.165) is 80.9 Å². The third kappa shape index (κ3) is 4.93. The van der Waals surface area contributed by atoms with Crippen LogP contribution in [0.5, 0.6) is 5.75 Å². The number of carbonyl (C=O) groups excluding carboxylic acids is 2. The van der Waals surface area contributed by atoms with Crippen molar-refractivity contribution in [3.63, 3.8) is 0 Å². The van der Waals surface area contributed by atoms with Crippen LogP contribution < -0.4 is 4.74 Å². The molecule has 2 aliphatic rings. The molecule has 1 aliphatic carbocycles. The highest BCUT2D eigenvalue weighted by Gasteiger charge is 2.36. The van der Waals surface area contributed by atoms with Crippen molar-refractivity contribution in [1.29, 1.82) is 0 Å². The fraction of sp³-hybridized carbons (Fsp3) is 0.448. The summed E-state index contributed by atoms with van der Waals surface area (Å²) < 4.78 is 6.60. The molecule has 0 spiro atoms. The number of aromatic amines is 1. The van der Waals surface area contributed by atoms with Crippen LogP contribution in [0.15, 0.2) is 54.7 Å². The second-order valence-corrected chi connectivity index (χ2v) is 9.89.